The summed E-state index contributed by atoms with van der Waals surface area (Å²) < 4.78 is 0. The molecule has 5 fully saturated rings. The van der Waals surface area contributed by atoms with Crippen LogP contribution in [0.25, 0.3) is 0 Å². The number of hydrogen-bond acceptors (Lipinski definition) is 8. The van der Waals surface area contributed by atoms with Crippen LogP contribution in [0.5, 0.6) is 0 Å². The maximum absolute atomic E-state index is 13.3. The maximum Gasteiger partial charge on any atom is 0.235 e. The molecule has 0 aromatic rings. The summed E-state index contributed by atoms with van der Waals surface area (Å²) in [6.45, 7) is 15.4. The number of β-amino-alcohol motifs (C(OH)–C–C–N with tert-alkyl or cyclic N) is 2. The Balaban J connectivity index is 1.09. The number of nitrogens with zero attached hydrogens (tertiary/aromatic N) is 4. The first-order chi connectivity index (χ1) is 18.5. The van der Waals surface area contributed by atoms with E-state index < -0.39 is 23.0 Å². The molecule has 5 rings (SSSR count). The number of piperazine rings is 1. The topological polar surface area (TPSA) is 122 Å². The van der Waals surface area contributed by atoms with Gasteiger partial charge in [0.15, 0.2) is 0 Å². The van der Waals surface area contributed by atoms with Gasteiger partial charge >= 0.3 is 0 Å². The molecule has 0 aromatic carbocycles. The lowest BCUT2D eigenvalue weighted by molar-refractivity contribution is -0.171. The zero-order valence-electron chi connectivity index (χ0n) is 25.1. The Labute approximate surface area is 238 Å². The van der Waals surface area contributed by atoms with Gasteiger partial charge in [-0.15, -0.1) is 0 Å². The van der Waals surface area contributed by atoms with Crippen molar-refractivity contribution in [1.29, 1.82) is 0 Å². The number of aliphatic hydroxyl groups is 2. The third-order valence-corrected chi connectivity index (χ3v) is 12.2. The van der Waals surface area contributed by atoms with E-state index in [0.29, 0.717) is 65.0 Å². The first-order valence-corrected chi connectivity index (χ1v) is 15.1. The van der Waals surface area contributed by atoms with Crippen molar-refractivity contribution in [3.63, 3.8) is 0 Å². The molecule has 224 valence electrons. The summed E-state index contributed by atoms with van der Waals surface area (Å²) in [7, 11) is 0. The Bertz CT molecular complexity index is 1000. The fraction of sp³-hybridized carbons (Fsp3) is 0.867. The Morgan fingerprint density at radius 3 is 1.27 bits per heavy atom. The smallest absolute Gasteiger partial charge is 0.235 e. The summed E-state index contributed by atoms with van der Waals surface area (Å²) in [5.74, 6) is -0.997. The van der Waals surface area contributed by atoms with E-state index in [2.05, 4.69) is 9.80 Å². The van der Waals surface area contributed by atoms with Crippen LogP contribution in [0.3, 0.4) is 0 Å². The van der Waals surface area contributed by atoms with E-state index >= 15 is 0 Å². The van der Waals surface area contributed by atoms with E-state index in [9.17, 15) is 29.4 Å². The average Bonchev–Trinajstić information content (AvgIpc) is 3.20. The van der Waals surface area contributed by atoms with Gasteiger partial charge in [0, 0.05) is 51.1 Å². The van der Waals surface area contributed by atoms with E-state index in [1.54, 1.807) is 0 Å². The van der Waals surface area contributed by atoms with E-state index in [1.165, 1.54) is 9.80 Å². The summed E-state index contributed by atoms with van der Waals surface area (Å²) in [6, 6.07) is 0. The zero-order valence-corrected chi connectivity index (χ0v) is 25.1. The lowest BCUT2D eigenvalue weighted by Gasteiger charge is -2.48. The number of carbonyl (C=O) groups excluding carboxylic acids is 4. The molecule has 6 unspecified atom stereocenters. The van der Waals surface area contributed by atoms with Crippen molar-refractivity contribution < 1.29 is 29.4 Å². The minimum absolute atomic E-state index is 0.0212. The number of hydrogen-bond donors (Lipinski definition) is 2. The van der Waals surface area contributed by atoms with Gasteiger partial charge in [-0.05, 0) is 36.5 Å². The number of amides is 4. The lowest BCUT2D eigenvalue weighted by atomic mass is 9.62. The maximum atomic E-state index is 13.3. The second-order valence-corrected chi connectivity index (χ2v) is 14.7. The standard InChI is InChI=1S/C30H48N4O6/c1-27(2)21-7-9-29(27,5)25(39)33(23(21)37)17-19(35)15-31-11-13-32(14-12-31)16-20(36)18-34-24(38)22-8-10-30(6,26(34)40)28(22,3)4/h19-22,35-36H,7-18H2,1-6H3. The second kappa shape index (κ2) is 9.85. The monoisotopic (exact) mass is 560 g/mol. The molecule has 0 spiro atoms. The molecule has 3 saturated heterocycles. The van der Waals surface area contributed by atoms with Crippen LogP contribution in [0.2, 0.25) is 0 Å². The highest BCUT2D eigenvalue weighted by Gasteiger charge is 2.65. The Morgan fingerprint density at radius 2 is 0.950 bits per heavy atom. The van der Waals surface area contributed by atoms with Gasteiger partial charge in [-0.25, -0.2) is 0 Å². The minimum Gasteiger partial charge on any atom is -0.390 e. The fourth-order valence-electron chi connectivity index (χ4n) is 8.44. The van der Waals surface area contributed by atoms with Crippen molar-refractivity contribution in [1.82, 2.24) is 19.6 Å². The van der Waals surface area contributed by atoms with Gasteiger partial charge in [0.2, 0.25) is 23.6 Å². The van der Waals surface area contributed by atoms with Crippen LogP contribution in [0.15, 0.2) is 0 Å². The number of fused-ring (bicyclic) bond motifs is 4. The van der Waals surface area contributed by atoms with E-state index in [0.717, 1.165) is 0 Å². The molecule has 3 heterocycles. The summed E-state index contributed by atoms with van der Waals surface area (Å²) in [5, 5.41) is 21.7. The largest absolute Gasteiger partial charge is 0.390 e. The number of imide groups is 2. The van der Waals surface area contributed by atoms with Gasteiger partial charge in [0.25, 0.3) is 0 Å². The average molecular weight is 561 g/mol. The van der Waals surface area contributed by atoms with Gasteiger partial charge in [-0.1, -0.05) is 41.5 Å². The summed E-state index contributed by atoms with van der Waals surface area (Å²) in [6.07, 6.45) is 1.18. The summed E-state index contributed by atoms with van der Waals surface area (Å²) >= 11 is 0. The van der Waals surface area contributed by atoms with E-state index in [1.807, 2.05) is 41.5 Å². The molecule has 2 aliphatic carbocycles. The SMILES string of the molecule is CC12CCC(C(=O)N(CC(O)CN3CCN(CC(O)CN4C(=O)C5CCC(C)(C4=O)C5(C)C)CC3)C1=O)C2(C)C. The van der Waals surface area contributed by atoms with Gasteiger partial charge < -0.3 is 10.2 Å². The number of rotatable bonds is 8. The third kappa shape index (κ3) is 4.27. The second-order valence-electron chi connectivity index (χ2n) is 14.7. The quantitative estimate of drug-likeness (QED) is 0.421. The van der Waals surface area contributed by atoms with Crippen molar-refractivity contribution in [2.75, 3.05) is 52.4 Å². The van der Waals surface area contributed by atoms with Crippen molar-refractivity contribution in [3.8, 4) is 0 Å². The van der Waals surface area contributed by atoms with Crippen LogP contribution in [0.4, 0.5) is 0 Å². The molecule has 3 aliphatic heterocycles. The highest BCUT2D eigenvalue weighted by Crippen LogP contribution is 2.61. The van der Waals surface area contributed by atoms with Crippen molar-refractivity contribution in [2.45, 2.75) is 79.4 Å². The van der Waals surface area contributed by atoms with Crippen molar-refractivity contribution in [3.05, 3.63) is 0 Å². The van der Waals surface area contributed by atoms with Crippen LogP contribution in [0.1, 0.15) is 67.2 Å². The molecule has 6 atom stereocenters. The molecule has 5 aliphatic rings. The molecule has 10 nitrogen and oxygen atoms in total. The molecule has 40 heavy (non-hydrogen) atoms. The Morgan fingerprint density at radius 1 is 0.625 bits per heavy atom. The highest BCUT2D eigenvalue weighted by atomic mass is 16.3. The Hall–Kier alpha value is -1.88. The van der Waals surface area contributed by atoms with Crippen LogP contribution < -0.4 is 0 Å². The predicted molar refractivity (Wildman–Crippen MR) is 148 cm³/mol. The van der Waals surface area contributed by atoms with Gasteiger partial charge in [-0.3, -0.25) is 38.8 Å². The first-order valence-electron chi connectivity index (χ1n) is 15.1. The van der Waals surface area contributed by atoms with Gasteiger partial charge in [-0.2, -0.15) is 0 Å². The molecule has 2 N–H and O–H groups in total. The highest BCUT2D eigenvalue weighted by molar-refractivity contribution is 6.04. The summed E-state index contributed by atoms with van der Waals surface area (Å²) in [5.41, 5.74) is -1.89. The van der Waals surface area contributed by atoms with Crippen LogP contribution in [-0.4, -0.2) is 118 Å². The van der Waals surface area contributed by atoms with E-state index in [4.69, 9.17) is 0 Å². The number of piperidine rings is 2. The molecule has 0 radical (unpaired) electrons. The molecule has 4 amide bonds. The molecule has 0 aromatic heterocycles. The molecular weight excluding hydrogens is 512 g/mol. The zero-order chi connectivity index (χ0) is 29.4. The lowest BCUT2D eigenvalue weighted by Crippen LogP contribution is -2.61. The first kappa shape index (κ1) is 29.6. The summed E-state index contributed by atoms with van der Waals surface area (Å²) in [4.78, 5) is 59.6. The fourth-order valence-corrected chi connectivity index (χ4v) is 8.44. The van der Waals surface area contributed by atoms with E-state index in [-0.39, 0.29) is 59.4 Å². The van der Waals surface area contributed by atoms with Gasteiger partial charge in [0.1, 0.15) is 0 Å². The molecular formula is C30H48N4O6. The normalized spacial score (nSPS) is 37.4. The van der Waals surface area contributed by atoms with Crippen molar-refractivity contribution in [2.24, 2.45) is 33.5 Å². The molecule has 10 heteroatoms. The van der Waals surface area contributed by atoms with Gasteiger partial charge in [0.05, 0.1) is 36.1 Å². The number of likely N-dealkylation sites (tertiary alicyclic amines) is 2. The molecule has 4 bridgehead atoms. The van der Waals surface area contributed by atoms with Crippen LogP contribution in [-0.2, 0) is 19.2 Å². The van der Waals surface area contributed by atoms with Crippen molar-refractivity contribution >= 4 is 23.6 Å². The minimum atomic E-state index is -0.827. The predicted octanol–water partition coefficient (Wildman–Crippen LogP) is 0.948. The van der Waals surface area contributed by atoms with Crippen LogP contribution in [0, 0.1) is 33.5 Å². The number of carbonyl (C=O) groups is 4. The van der Waals surface area contributed by atoms with Crippen LogP contribution >= 0.6 is 0 Å². The Kier molecular flexibility index (Phi) is 7.29. The molecule has 2 saturated carbocycles. The number of aliphatic hydroxyl groups excluding tert-OH is 2. The third-order valence-electron chi connectivity index (χ3n) is 12.2.